The number of likely N-dealkylation sites (tertiary alicyclic amines) is 1. The van der Waals surface area contributed by atoms with Crippen LogP contribution in [0.15, 0.2) is 12.1 Å². The van der Waals surface area contributed by atoms with Gasteiger partial charge >= 0.3 is 6.09 Å². The van der Waals surface area contributed by atoms with Crippen LogP contribution in [0.4, 0.5) is 4.79 Å². The molecule has 26 heavy (non-hydrogen) atoms. The van der Waals surface area contributed by atoms with Gasteiger partial charge in [0.2, 0.25) is 0 Å². The van der Waals surface area contributed by atoms with E-state index in [1.54, 1.807) is 16.2 Å². The third-order valence-corrected chi connectivity index (χ3v) is 6.64. The molecule has 1 N–H and O–H groups in total. The predicted octanol–water partition coefficient (Wildman–Crippen LogP) is 2.87. The van der Waals surface area contributed by atoms with Gasteiger partial charge in [0.25, 0.3) is 5.91 Å². The second-order valence-electron chi connectivity index (χ2n) is 7.51. The standard InChI is InChI=1S/C19H27N3O3S/c23-18(20-8-11-21-10-2-12-25-19(21)24)17-7-6-16(26-17)15-3-1-9-22(15)13-14-4-5-14/h6-7,14-15H,1-5,8-13H2,(H,20,23). The lowest BCUT2D eigenvalue weighted by Crippen LogP contribution is -2.42. The minimum atomic E-state index is -0.277. The van der Waals surface area contributed by atoms with Gasteiger partial charge in [-0.3, -0.25) is 9.69 Å². The molecular weight excluding hydrogens is 350 g/mol. The van der Waals surface area contributed by atoms with Gasteiger partial charge in [0.05, 0.1) is 11.5 Å². The van der Waals surface area contributed by atoms with Crippen LogP contribution < -0.4 is 5.32 Å². The number of cyclic esters (lactones) is 1. The van der Waals surface area contributed by atoms with Gasteiger partial charge in [-0.2, -0.15) is 0 Å². The van der Waals surface area contributed by atoms with E-state index in [1.165, 1.54) is 43.6 Å². The van der Waals surface area contributed by atoms with Gasteiger partial charge in [0.15, 0.2) is 0 Å². The Morgan fingerprint density at radius 3 is 2.92 bits per heavy atom. The number of hydrogen-bond acceptors (Lipinski definition) is 5. The van der Waals surface area contributed by atoms with Crippen molar-refractivity contribution in [2.75, 3.05) is 39.3 Å². The first-order valence-corrected chi connectivity index (χ1v) is 10.6. The van der Waals surface area contributed by atoms with Crippen molar-refractivity contribution in [3.63, 3.8) is 0 Å². The van der Waals surface area contributed by atoms with Gasteiger partial charge in [0, 0.05) is 37.1 Å². The Kier molecular flexibility index (Phi) is 5.45. The highest BCUT2D eigenvalue weighted by molar-refractivity contribution is 7.14. The number of nitrogens with one attached hydrogen (secondary N) is 1. The van der Waals surface area contributed by atoms with Gasteiger partial charge in [-0.1, -0.05) is 0 Å². The quantitative estimate of drug-likeness (QED) is 0.794. The van der Waals surface area contributed by atoms with Crippen molar-refractivity contribution in [2.45, 2.75) is 38.1 Å². The molecule has 1 saturated carbocycles. The Morgan fingerprint density at radius 1 is 1.23 bits per heavy atom. The lowest BCUT2D eigenvalue weighted by atomic mass is 10.2. The van der Waals surface area contributed by atoms with E-state index in [4.69, 9.17) is 4.74 Å². The van der Waals surface area contributed by atoms with Gasteiger partial charge in [0.1, 0.15) is 0 Å². The molecule has 2 amide bonds. The van der Waals surface area contributed by atoms with Crippen LogP contribution in [-0.4, -0.2) is 61.1 Å². The average Bonchev–Trinajstić information content (AvgIpc) is 3.12. The van der Waals surface area contributed by atoms with Crippen LogP contribution in [-0.2, 0) is 4.74 Å². The fourth-order valence-electron chi connectivity index (χ4n) is 3.84. The van der Waals surface area contributed by atoms with Crippen molar-refractivity contribution in [2.24, 2.45) is 5.92 Å². The molecule has 0 radical (unpaired) electrons. The van der Waals surface area contributed by atoms with Crippen molar-refractivity contribution in [3.05, 3.63) is 21.9 Å². The lowest BCUT2D eigenvalue weighted by Gasteiger charge is -2.26. The minimum Gasteiger partial charge on any atom is -0.449 e. The number of amides is 2. The third-order valence-electron chi connectivity index (χ3n) is 5.46. The smallest absolute Gasteiger partial charge is 0.409 e. The van der Waals surface area contributed by atoms with E-state index in [9.17, 15) is 9.59 Å². The summed E-state index contributed by atoms with van der Waals surface area (Å²) in [5.74, 6) is 0.859. The Bertz CT molecular complexity index is 658. The maximum Gasteiger partial charge on any atom is 0.409 e. The van der Waals surface area contributed by atoms with Crippen molar-refractivity contribution >= 4 is 23.3 Å². The van der Waals surface area contributed by atoms with E-state index in [2.05, 4.69) is 16.3 Å². The number of rotatable bonds is 7. The molecule has 1 atom stereocenters. The highest BCUT2D eigenvalue weighted by Crippen LogP contribution is 2.39. The van der Waals surface area contributed by atoms with Crippen LogP contribution in [0.1, 0.15) is 52.7 Å². The summed E-state index contributed by atoms with van der Waals surface area (Å²) in [5, 5.41) is 2.93. The highest BCUT2D eigenvalue weighted by Gasteiger charge is 2.32. The number of hydrogen-bond donors (Lipinski definition) is 1. The molecule has 142 valence electrons. The van der Waals surface area contributed by atoms with E-state index in [-0.39, 0.29) is 12.0 Å². The monoisotopic (exact) mass is 377 g/mol. The molecule has 0 bridgehead atoms. The van der Waals surface area contributed by atoms with Crippen LogP contribution in [0, 0.1) is 5.92 Å². The first kappa shape index (κ1) is 17.8. The van der Waals surface area contributed by atoms with Crippen molar-refractivity contribution in [1.29, 1.82) is 0 Å². The van der Waals surface area contributed by atoms with Gasteiger partial charge in [-0.15, -0.1) is 11.3 Å². The topological polar surface area (TPSA) is 61.9 Å². The lowest BCUT2D eigenvalue weighted by molar-refractivity contribution is 0.0720. The van der Waals surface area contributed by atoms with Crippen LogP contribution in [0.5, 0.6) is 0 Å². The summed E-state index contributed by atoms with van der Waals surface area (Å²) in [5.41, 5.74) is 0. The van der Waals surface area contributed by atoms with Crippen LogP contribution in [0.3, 0.4) is 0 Å². The second kappa shape index (κ2) is 7.96. The summed E-state index contributed by atoms with van der Waals surface area (Å²) in [6, 6.07) is 4.56. The van der Waals surface area contributed by atoms with Crippen LogP contribution in [0.2, 0.25) is 0 Å². The summed E-state index contributed by atoms with van der Waals surface area (Å²) in [4.78, 5) is 30.3. The molecule has 1 aromatic heterocycles. The fourth-order valence-corrected chi connectivity index (χ4v) is 4.94. The van der Waals surface area contributed by atoms with E-state index in [0.29, 0.717) is 32.3 Å². The average molecular weight is 378 g/mol. The van der Waals surface area contributed by atoms with Gasteiger partial charge in [-0.25, -0.2) is 4.79 Å². The number of ether oxygens (including phenoxy) is 1. The molecule has 1 aromatic rings. The molecule has 2 aliphatic heterocycles. The molecule has 2 saturated heterocycles. The molecule has 3 fully saturated rings. The van der Waals surface area contributed by atoms with Crippen molar-refractivity contribution < 1.29 is 14.3 Å². The molecular formula is C19H27N3O3S. The first-order chi connectivity index (χ1) is 12.7. The van der Waals surface area contributed by atoms with E-state index < -0.39 is 0 Å². The molecule has 3 aliphatic rings. The maximum atomic E-state index is 12.4. The SMILES string of the molecule is O=C(NCCN1CCCOC1=O)c1ccc(C2CCCN2CC2CC2)s1. The van der Waals surface area contributed by atoms with Crippen LogP contribution in [0.25, 0.3) is 0 Å². The predicted molar refractivity (Wildman–Crippen MR) is 100 cm³/mol. The Morgan fingerprint density at radius 2 is 2.12 bits per heavy atom. The highest BCUT2D eigenvalue weighted by atomic mass is 32.1. The second-order valence-corrected chi connectivity index (χ2v) is 8.62. The van der Waals surface area contributed by atoms with Gasteiger partial charge in [-0.05, 0) is 56.7 Å². The van der Waals surface area contributed by atoms with Gasteiger partial charge < -0.3 is 15.0 Å². The zero-order chi connectivity index (χ0) is 17.9. The Hall–Kier alpha value is -1.60. The third kappa shape index (κ3) is 4.20. The largest absolute Gasteiger partial charge is 0.449 e. The summed E-state index contributed by atoms with van der Waals surface area (Å²) in [7, 11) is 0. The molecule has 3 heterocycles. The molecule has 0 aromatic carbocycles. The van der Waals surface area contributed by atoms with Crippen molar-refractivity contribution in [3.8, 4) is 0 Å². The van der Waals surface area contributed by atoms with E-state index in [1.807, 2.05) is 6.07 Å². The zero-order valence-corrected chi connectivity index (χ0v) is 15.9. The Balaban J connectivity index is 1.28. The number of thiophene rings is 1. The van der Waals surface area contributed by atoms with E-state index >= 15 is 0 Å². The summed E-state index contributed by atoms with van der Waals surface area (Å²) >= 11 is 1.62. The minimum absolute atomic E-state index is 0.0432. The summed E-state index contributed by atoms with van der Waals surface area (Å²) in [6.45, 7) is 4.57. The van der Waals surface area contributed by atoms with E-state index in [0.717, 1.165) is 17.2 Å². The number of nitrogens with zero attached hydrogens (tertiary/aromatic N) is 2. The Labute approximate surface area is 158 Å². The molecule has 1 aliphatic carbocycles. The number of carbonyl (C=O) groups is 2. The fraction of sp³-hybridized carbons (Fsp3) is 0.684. The molecule has 0 spiro atoms. The zero-order valence-electron chi connectivity index (χ0n) is 15.1. The maximum absolute atomic E-state index is 12.4. The summed E-state index contributed by atoms with van der Waals surface area (Å²) in [6.07, 6.45) is 5.79. The summed E-state index contributed by atoms with van der Waals surface area (Å²) < 4.78 is 5.01. The molecule has 7 heteroatoms. The molecule has 6 nitrogen and oxygen atoms in total. The number of carbonyl (C=O) groups excluding carboxylic acids is 2. The van der Waals surface area contributed by atoms with Crippen LogP contribution >= 0.6 is 11.3 Å². The molecule has 4 rings (SSSR count). The first-order valence-electron chi connectivity index (χ1n) is 9.74. The van der Waals surface area contributed by atoms with Crippen molar-refractivity contribution in [1.82, 2.24) is 15.1 Å². The normalized spacial score (nSPS) is 23.9. The molecule has 1 unspecified atom stereocenters.